The van der Waals surface area contributed by atoms with Gasteiger partial charge in [-0.25, -0.2) is 21.8 Å². The van der Waals surface area contributed by atoms with Gasteiger partial charge in [0.05, 0.1) is 30.4 Å². The number of benzene rings is 1. The number of halogens is 1. The van der Waals surface area contributed by atoms with Crippen molar-refractivity contribution in [3.8, 4) is 0 Å². The van der Waals surface area contributed by atoms with Gasteiger partial charge in [-0.05, 0) is 31.0 Å². The third kappa shape index (κ3) is 11.2. The smallest absolute Gasteiger partial charge is 0.191 e. The lowest BCUT2D eigenvalue weighted by molar-refractivity contribution is 0.154. The fraction of sp³-hybridized carbons (Fsp3) is 0.588. The van der Waals surface area contributed by atoms with Crippen molar-refractivity contribution in [2.75, 3.05) is 44.6 Å². The number of hydrogen-bond donors (Lipinski definition) is 2. The summed E-state index contributed by atoms with van der Waals surface area (Å²) in [5.74, 6) is 0.610. The zero-order chi connectivity index (χ0) is 20.5. The lowest BCUT2D eigenvalue weighted by Gasteiger charge is -2.12. The van der Waals surface area contributed by atoms with Crippen molar-refractivity contribution in [3.63, 3.8) is 0 Å². The Morgan fingerprint density at radius 1 is 1.11 bits per heavy atom. The van der Waals surface area contributed by atoms with Crippen LogP contribution in [0.15, 0.2) is 28.1 Å². The Hall–Kier alpha value is -0.920. The molecular weight excluding hydrogens is 517 g/mol. The van der Waals surface area contributed by atoms with Crippen LogP contribution in [0, 0.1) is 6.92 Å². The third-order valence-corrected chi connectivity index (χ3v) is 5.71. The van der Waals surface area contributed by atoms with E-state index in [1.165, 1.54) is 12.5 Å². The molecule has 2 N–H and O–H groups in total. The summed E-state index contributed by atoms with van der Waals surface area (Å²) in [6.45, 7) is 5.82. The van der Waals surface area contributed by atoms with Crippen molar-refractivity contribution in [3.05, 3.63) is 29.3 Å². The number of aliphatic imine (C=N–C) groups is 1. The van der Waals surface area contributed by atoms with Gasteiger partial charge in [-0.3, -0.25) is 0 Å². The molecule has 0 saturated carbocycles. The van der Waals surface area contributed by atoms with Crippen molar-refractivity contribution >= 4 is 49.6 Å². The first-order valence-electron chi connectivity index (χ1n) is 8.60. The van der Waals surface area contributed by atoms with E-state index in [4.69, 9.17) is 4.74 Å². The first-order chi connectivity index (χ1) is 12.5. The van der Waals surface area contributed by atoms with E-state index < -0.39 is 19.7 Å². The molecule has 1 aromatic carbocycles. The third-order valence-electron chi connectivity index (χ3n) is 3.54. The molecule has 0 aromatic heterocycles. The summed E-state index contributed by atoms with van der Waals surface area (Å²) in [6, 6.07) is 5.17. The minimum absolute atomic E-state index is 0. The molecule has 162 valence electrons. The summed E-state index contributed by atoms with van der Waals surface area (Å²) in [7, 11) is -6.24. The van der Waals surface area contributed by atoms with E-state index >= 15 is 0 Å². The topological polar surface area (TPSA) is 114 Å². The molecule has 0 radical (unpaired) electrons. The number of guanidine groups is 1. The molecule has 0 aliphatic rings. The molecule has 11 heteroatoms. The predicted molar refractivity (Wildman–Crippen MR) is 123 cm³/mol. The number of nitrogens with zero attached hydrogens (tertiary/aromatic N) is 1. The van der Waals surface area contributed by atoms with Crippen LogP contribution in [0.3, 0.4) is 0 Å². The average molecular weight is 547 g/mol. The summed E-state index contributed by atoms with van der Waals surface area (Å²) in [5, 5.41) is 6.22. The van der Waals surface area contributed by atoms with Crippen LogP contribution in [-0.4, -0.2) is 67.4 Å². The van der Waals surface area contributed by atoms with E-state index in [1.807, 2.05) is 13.0 Å². The molecule has 0 heterocycles. The second-order valence-electron chi connectivity index (χ2n) is 6.24. The maximum Gasteiger partial charge on any atom is 0.191 e. The fourth-order valence-electron chi connectivity index (χ4n) is 2.29. The first-order valence-corrected chi connectivity index (χ1v) is 12.6. The molecular formula is C17H30IN3O5S2. The van der Waals surface area contributed by atoms with Crippen molar-refractivity contribution < 1.29 is 21.6 Å². The first kappa shape index (κ1) is 27.1. The molecule has 1 aromatic rings. The van der Waals surface area contributed by atoms with Crippen LogP contribution in [0.25, 0.3) is 0 Å². The predicted octanol–water partition coefficient (Wildman–Crippen LogP) is 1.13. The van der Waals surface area contributed by atoms with Crippen molar-refractivity contribution in [1.82, 2.24) is 10.6 Å². The highest BCUT2D eigenvalue weighted by atomic mass is 127. The number of nitrogens with one attached hydrogen (secondary N) is 2. The summed E-state index contributed by atoms with van der Waals surface area (Å²) in [5.41, 5.74) is 1.60. The minimum Gasteiger partial charge on any atom is -0.379 e. The molecule has 0 fully saturated rings. The zero-order valence-corrected chi connectivity index (χ0v) is 20.7. The number of ether oxygens (including phenoxy) is 1. The maximum atomic E-state index is 11.7. The van der Waals surface area contributed by atoms with Crippen LogP contribution >= 0.6 is 24.0 Å². The SMILES string of the molecule is CCNC(=NCc1ccc(S(C)(=O)=O)c(C)c1)NCCOCCS(C)(=O)=O.I. The quantitative estimate of drug-likeness (QED) is 0.196. The molecule has 1 rings (SSSR count). The standard InChI is InChI=1S/C17H29N3O5S2.HI/c1-5-18-17(19-8-9-25-10-11-26(3,21)22)20-13-15-6-7-16(14(2)12-15)27(4,23)24;/h6-7,12H,5,8-11,13H2,1-4H3,(H2,18,19,20);1H. The highest BCUT2D eigenvalue weighted by Crippen LogP contribution is 2.17. The molecule has 0 amide bonds. The van der Waals surface area contributed by atoms with Gasteiger partial charge < -0.3 is 15.4 Å². The Morgan fingerprint density at radius 3 is 2.32 bits per heavy atom. The van der Waals surface area contributed by atoms with Crippen molar-refractivity contribution in [2.45, 2.75) is 25.3 Å². The normalized spacial score (nSPS) is 12.4. The van der Waals surface area contributed by atoms with Gasteiger partial charge in [-0.1, -0.05) is 12.1 Å². The molecule has 0 saturated heterocycles. The van der Waals surface area contributed by atoms with Crippen LogP contribution in [0.1, 0.15) is 18.1 Å². The van der Waals surface area contributed by atoms with Crippen LogP contribution in [0.4, 0.5) is 0 Å². The summed E-state index contributed by atoms with van der Waals surface area (Å²) in [6.07, 6.45) is 2.37. The van der Waals surface area contributed by atoms with Crippen molar-refractivity contribution in [2.24, 2.45) is 4.99 Å². The van der Waals surface area contributed by atoms with Gasteiger partial charge in [0.2, 0.25) is 0 Å². The van der Waals surface area contributed by atoms with Gasteiger partial charge in [-0.15, -0.1) is 24.0 Å². The summed E-state index contributed by atoms with van der Waals surface area (Å²) >= 11 is 0. The highest BCUT2D eigenvalue weighted by Gasteiger charge is 2.10. The lowest BCUT2D eigenvalue weighted by Crippen LogP contribution is -2.39. The van der Waals surface area contributed by atoms with Gasteiger partial charge >= 0.3 is 0 Å². The van der Waals surface area contributed by atoms with Gasteiger partial charge in [0, 0.05) is 25.6 Å². The zero-order valence-electron chi connectivity index (χ0n) is 16.7. The number of hydrogen-bond acceptors (Lipinski definition) is 6. The van der Waals surface area contributed by atoms with Crippen LogP contribution in [-0.2, 0) is 31.0 Å². The van der Waals surface area contributed by atoms with Crippen LogP contribution in [0.5, 0.6) is 0 Å². The van der Waals surface area contributed by atoms with E-state index in [-0.39, 0.29) is 36.3 Å². The van der Waals surface area contributed by atoms with Crippen LogP contribution < -0.4 is 10.6 Å². The maximum absolute atomic E-state index is 11.7. The average Bonchev–Trinajstić information content (AvgIpc) is 2.53. The lowest BCUT2D eigenvalue weighted by atomic mass is 10.1. The van der Waals surface area contributed by atoms with Crippen molar-refractivity contribution in [1.29, 1.82) is 0 Å². The number of sulfone groups is 2. The molecule has 0 aliphatic heterocycles. The number of rotatable bonds is 10. The minimum atomic E-state index is -3.23. The molecule has 28 heavy (non-hydrogen) atoms. The summed E-state index contributed by atoms with van der Waals surface area (Å²) < 4.78 is 50.7. The Bertz CT molecular complexity index is 856. The molecule has 8 nitrogen and oxygen atoms in total. The molecule has 0 spiro atoms. The van der Waals surface area contributed by atoms with Gasteiger partial charge in [0.25, 0.3) is 0 Å². The largest absolute Gasteiger partial charge is 0.379 e. The van der Waals surface area contributed by atoms with E-state index in [0.29, 0.717) is 42.7 Å². The van der Waals surface area contributed by atoms with Crippen LogP contribution in [0.2, 0.25) is 0 Å². The molecule has 0 atom stereocenters. The van der Waals surface area contributed by atoms with Gasteiger partial charge in [0.1, 0.15) is 9.84 Å². The highest BCUT2D eigenvalue weighted by molar-refractivity contribution is 14.0. The Morgan fingerprint density at radius 2 is 1.79 bits per heavy atom. The second-order valence-corrected chi connectivity index (χ2v) is 10.5. The Labute approximate surface area is 185 Å². The fourth-order valence-corrected chi connectivity index (χ4v) is 3.67. The molecule has 0 bridgehead atoms. The Balaban J connectivity index is 0.00000729. The van der Waals surface area contributed by atoms with E-state index in [1.54, 1.807) is 19.1 Å². The Kier molecular flexibility index (Phi) is 12.2. The van der Waals surface area contributed by atoms with Gasteiger partial charge in [0.15, 0.2) is 15.8 Å². The van der Waals surface area contributed by atoms with E-state index in [9.17, 15) is 16.8 Å². The monoisotopic (exact) mass is 547 g/mol. The summed E-state index contributed by atoms with van der Waals surface area (Å²) in [4.78, 5) is 4.79. The van der Waals surface area contributed by atoms with E-state index in [0.717, 1.165) is 5.56 Å². The molecule has 0 aliphatic carbocycles. The molecule has 0 unspecified atom stereocenters. The number of aryl methyl sites for hydroxylation is 1. The van der Waals surface area contributed by atoms with Gasteiger partial charge in [-0.2, -0.15) is 0 Å². The van der Waals surface area contributed by atoms with E-state index in [2.05, 4.69) is 15.6 Å². The second kappa shape index (κ2) is 12.6.